The van der Waals surface area contributed by atoms with Gasteiger partial charge < -0.3 is 10.5 Å². The van der Waals surface area contributed by atoms with Crippen LogP contribution >= 0.6 is 0 Å². The molecule has 2 rings (SSSR count). The molecule has 102 valence electrons. The summed E-state index contributed by atoms with van der Waals surface area (Å²) in [7, 11) is 1.60. The van der Waals surface area contributed by atoms with E-state index in [0.717, 1.165) is 11.3 Å². The first-order chi connectivity index (χ1) is 9.69. The summed E-state index contributed by atoms with van der Waals surface area (Å²) in [4.78, 5) is 11.8. The highest BCUT2D eigenvalue weighted by atomic mass is 16.5. The molecule has 0 saturated carbocycles. The van der Waals surface area contributed by atoms with Crippen molar-refractivity contribution in [2.75, 3.05) is 12.8 Å². The average Bonchev–Trinajstić information content (AvgIpc) is 2.48. The zero-order valence-corrected chi connectivity index (χ0v) is 11.0. The molecule has 2 aromatic carbocycles. The van der Waals surface area contributed by atoms with Crippen molar-refractivity contribution in [1.82, 2.24) is 5.43 Å². The van der Waals surface area contributed by atoms with Crippen molar-refractivity contribution in [1.29, 1.82) is 0 Å². The minimum absolute atomic E-state index is 0.288. The minimum Gasteiger partial charge on any atom is -0.497 e. The van der Waals surface area contributed by atoms with Gasteiger partial charge in [0.05, 0.1) is 13.3 Å². The molecule has 5 heteroatoms. The molecule has 0 aliphatic carbocycles. The Morgan fingerprint density at radius 3 is 2.70 bits per heavy atom. The van der Waals surface area contributed by atoms with Gasteiger partial charge in [0, 0.05) is 11.3 Å². The second kappa shape index (κ2) is 6.38. The Bertz CT molecular complexity index is 621. The lowest BCUT2D eigenvalue weighted by atomic mass is 10.2. The predicted octanol–water partition coefficient (Wildman–Crippen LogP) is 2.04. The van der Waals surface area contributed by atoms with E-state index >= 15 is 0 Å². The quantitative estimate of drug-likeness (QED) is 0.506. The van der Waals surface area contributed by atoms with Crippen molar-refractivity contribution in [2.24, 2.45) is 5.10 Å². The van der Waals surface area contributed by atoms with E-state index in [-0.39, 0.29) is 5.91 Å². The zero-order valence-electron chi connectivity index (χ0n) is 11.0. The van der Waals surface area contributed by atoms with Gasteiger partial charge in [-0.1, -0.05) is 12.1 Å². The lowest BCUT2D eigenvalue weighted by molar-refractivity contribution is 0.0955. The molecule has 0 saturated heterocycles. The lowest BCUT2D eigenvalue weighted by Gasteiger charge is -2.01. The molecule has 0 fully saturated rings. The van der Waals surface area contributed by atoms with E-state index in [1.807, 2.05) is 24.3 Å². The Kier molecular flexibility index (Phi) is 4.34. The molecule has 0 bridgehead atoms. The maximum atomic E-state index is 11.8. The molecule has 0 aliphatic rings. The maximum Gasteiger partial charge on any atom is 0.271 e. The topological polar surface area (TPSA) is 76.7 Å². The first-order valence-electron chi connectivity index (χ1n) is 6.02. The molecule has 0 aliphatic heterocycles. The van der Waals surface area contributed by atoms with Gasteiger partial charge in [-0.05, 0) is 42.0 Å². The summed E-state index contributed by atoms with van der Waals surface area (Å²) in [6.45, 7) is 0. The van der Waals surface area contributed by atoms with Crippen LogP contribution in [0.25, 0.3) is 0 Å². The van der Waals surface area contributed by atoms with Gasteiger partial charge >= 0.3 is 0 Å². The normalized spacial score (nSPS) is 10.4. The van der Waals surface area contributed by atoms with Crippen LogP contribution in [-0.2, 0) is 0 Å². The van der Waals surface area contributed by atoms with E-state index in [0.29, 0.717) is 11.3 Å². The summed E-state index contributed by atoms with van der Waals surface area (Å²) < 4.78 is 5.10. The Morgan fingerprint density at radius 1 is 1.25 bits per heavy atom. The smallest absolute Gasteiger partial charge is 0.271 e. The molecule has 0 heterocycles. The van der Waals surface area contributed by atoms with Gasteiger partial charge in [0.2, 0.25) is 0 Å². The number of nitrogens with one attached hydrogen (secondary N) is 1. The van der Waals surface area contributed by atoms with Crippen molar-refractivity contribution < 1.29 is 9.53 Å². The summed E-state index contributed by atoms with van der Waals surface area (Å²) >= 11 is 0. The number of benzene rings is 2. The Labute approximate surface area is 117 Å². The standard InChI is InChI=1S/C15H15N3O2/c1-20-14-4-2-3-11(9-14)10-17-18-15(19)12-5-7-13(16)8-6-12/h2-10H,16H2,1H3,(H,18,19)/b17-10+. The number of hydrogen-bond acceptors (Lipinski definition) is 4. The SMILES string of the molecule is COc1cccc(/C=N/NC(=O)c2ccc(N)cc2)c1. The van der Waals surface area contributed by atoms with Crippen molar-refractivity contribution in [3.63, 3.8) is 0 Å². The van der Waals surface area contributed by atoms with Crippen molar-refractivity contribution in [2.45, 2.75) is 0 Å². The number of anilines is 1. The summed E-state index contributed by atoms with van der Waals surface area (Å²) in [6, 6.07) is 14.0. The summed E-state index contributed by atoms with van der Waals surface area (Å²) in [5.74, 6) is 0.447. The predicted molar refractivity (Wildman–Crippen MR) is 78.9 cm³/mol. The molecule has 0 radical (unpaired) electrons. The Balaban J connectivity index is 1.98. The number of ether oxygens (including phenoxy) is 1. The number of rotatable bonds is 4. The summed E-state index contributed by atoms with van der Waals surface area (Å²) in [6.07, 6.45) is 1.55. The Hall–Kier alpha value is -2.82. The van der Waals surface area contributed by atoms with Gasteiger partial charge in [0.15, 0.2) is 0 Å². The van der Waals surface area contributed by atoms with Gasteiger partial charge in [-0.25, -0.2) is 5.43 Å². The molecule has 3 N–H and O–H groups in total. The lowest BCUT2D eigenvalue weighted by Crippen LogP contribution is -2.17. The van der Waals surface area contributed by atoms with E-state index < -0.39 is 0 Å². The molecule has 0 unspecified atom stereocenters. The van der Waals surface area contributed by atoms with E-state index in [9.17, 15) is 4.79 Å². The third-order valence-corrected chi connectivity index (χ3v) is 2.65. The van der Waals surface area contributed by atoms with Gasteiger partial charge in [-0.3, -0.25) is 4.79 Å². The van der Waals surface area contributed by atoms with Crippen molar-refractivity contribution in [3.05, 3.63) is 59.7 Å². The first-order valence-corrected chi connectivity index (χ1v) is 6.02. The highest BCUT2D eigenvalue weighted by molar-refractivity contribution is 5.95. The molecule has 1 amide bonds. The van der Waals surface area contributed by atoms with Crippen LogP contribution < -0.4 is 15.9 Å². The monoisotopic (exact) mass is 269 g/mol. The maximum absolute atomic E-state index is 11.8. The van der Waals surface area contributed by atoms with Crippen molar-refractivity contribution >= 4 is 17.8 Å². The molecule has 0 aromatic heterocycles. The molecule has 0 atom stereocenters. The van der Waals surface area contributed by atoms with Crippen LogP contribution in [0.2, 0.25) is 0 Å². The first kappa shape index (κ1) is 13.6. The largest absolute Gasteiger partial charge is 0.497 e. The Morgan fingerprint density at radius 2 is 2.00 bits per heavy atom. The second-order valence-corrected chi connectivity index (χ2v) is 4.10. The number of hydrazone groups is 1. The van der Waals surface area contributed by atoms with Gasteiger partial charge in [-0.15, -0.1) is 0 Å². The molecular formula is C15H15N3O2. The fourth-order valence-electron chi connectivity index (χ4n) is 1.59. The number of carbonyl (C=O) groups excluding carboxylic acids is 1. The zero-order chi connectivity index (χ0) is 14.4. The number of methoxy groups -OCH3 is 1. The number of carbonyl (C=O) groups is 1. The third kappa shape index (κ3) is 3.58. The van der Waals surface area contributed by atoms with Gasteiger partial charge in [0.1, 0.15) is 5.75 Å². The summed E-state index contributed by atoms with van der Waals surface area (Å²) in [5, 5.41) is 3.90. The van der Waals surface area contributed by atoms with Crippen LogP contribution in [-0.4, -0.2) is 19.2 Å². The molecule has 2 aromatic rings. The van der Waals surface area contributed by atoms with E-state index in [4.69, 9.17) is 10.5 Å². The van der Waals surface area contributed by atoms with Crippen LogP contribution in [0.15, 0.2) is 53.6 Å². The van der Waals surface area contributed by atoms with Crippen LogP contribution in [0, 0.1) is 0 Å². The number of amides is 1. The number of hydrogen-bond donors (Lipinski definition) is 2. The fourth-order valence-corrected chi connectivity index (χ4v) is 1.59. The van der Waals surface area contributed by atoms with E-state index in [2.05, 4.69) is 10.5 Å². The van der Waals surface area contributed by atoms with E-state index in [1.54, 1.807) is 37.6 Å². The van der Waals surface area contributed by atoms with E-state index in [1.165, 1.54) is 0 Å². The van der Waals surface area contributed by atoms with Crippen LogP contribution in [0.5, 0.6) is 5.75 Å². The third-order valence-electron chi connectivity index (χ3n) is 2.65. The molecule has 5 nitrogen and oxygen atoms in total. The molecular weight excluding hydrogens is 254 g/mol. The highest BCUT2D eigenvalue weighted by Gasteiger charge is 2.02. The van der Waals surface area contributed by atoms with Gasteiger partial charge in [0.25, 0.3) is 5.91 Å². The molecule has 20 heavy (non-hydrogen) atoms. The highest BCUT2D eigenvalue weighted by Crippen LogP contribution is 2.10. The molecule has 0 spiro atoms. The average molecular weight is 269 g/mol. The fraction of sp³-hybridized carbons (Fsp3) is 0.0667. The van der Waals surface area contributed by atoms with Gasteiger partial charge in [-0.2, -0.15) is 5.10 Å². The van der Waals surface area contributed by atoms with Crippen LogP contribution in [0.1, 0.15) is 15.9 Å². The number of nitrogens with zero attached hydrogens (tertiary/aromatic N) is 1. The summed E-state index contributed by atoms with van der Waals surface area (Å²) in [5.41, 5.74) is 9.96. The minimum atomic E-state index is -0.288. The van der Waals surface area contributed by atoms with Crippen molar-refractivity contribution in [3.8, 4) is 5.75 Å². The number of nitrogens with two attached hydrogens (primary N) is 1. The van der Waals surface area contributed by atoms with Crippen LogP contribution in [0.4, 0.5) is 5.69 Å². The second-order valence-electron chi connectivity index (χ2n) is 4.10. The number of nitrogen functional groups attached to an aromatic ring is 1. The van der Waals surface area contributed by atoms with Crippen LogP contribution in [0.3, 0.4) is 0 Å².